The Morgan fingerprint density at radius 1 is 1.19 bits per heavy atom. The number of benzene rings is 1. The summed E-state index contributed by atoms with van der Waals surface area (Å²) in [5.41, 5.74) is 0.213. The van der Waals surface area contributed by atoms with E-state index < -0.39 is 5.41 Å². The van der Waals surface area contributed by atoms with Crippen LogP contribution in [0.1, 0.15) is 62.9 Å². The number of carbonyl (C=O) groups excluding carboxylic acids is 1. The van der Waals surface area contributed by atoms with Gasteiger partial charge in [-0.1, -0.05) is 29.3 Å². The Hall–Kier alpha value is -1.59. The number of likely N-dealkylation sites (tertiary alicyclic amines) is 1. The second-order valence-corrected chi connectivity index (χ2v) is 8.99. The summed E-state index contributed by atoms with van der Waals surface area (Å²) in [6, 6.07) is 5.99. The molecule has 4 rings (SSSR count). The van der Waals surface area contributed by atoms with Gasteiger partial charge in [0.05, 0.1) is 15.5 Å². The number of aromatic nitrogens is 3. The van der Waals surface area contributed by atoms with E-state index in [9.17, 15) is 4.79 Å². The van der Waals surface area contributed by atoms with Crippen molar-refractivity contribution in [2.75, 3.05) is 13.1 Å². The van der Waals surface area contributed by atoms with Crippen LogP contribution < -0.4 is 0 Å². The summed E-state index contributed by atoms with van der Waals surface area (Å²) in [4.78, 5) is 15.3. The van der Waals surface area contributed by atoms with Gasteiger partial charge >= 0.3 is 0 Å². The molecule has 1 aliphatic carbocycles. The third kappa shape index (κ3) is 3.59. The van der Waals surface area contributed by atoms with Gasteiger partial charge < -0.3 is 9.47 Å². The van der Waals surface area contributed by atoms with Crippen LogP contribution in [0.25, 0.3) is 0 Å². The summed E-state index contributed by atoms with van der Waals surface area (Å²) < 4.78 is 2.21. The molecule has 1 atom stereocenters. The molecule has 1 amide bonds. The van der Waals surface area contributed by atoms with E-state index in [-0.39, 0.29) is 11.8 Å². The van der Waals surface area contributed by atoms with E-state index >= 15 is 0 Å². The molecule has 144 valence electrons. The molecule has 0 spiro atoms. The van der Waals surface area contributed by atoms with Crippen molar-refractivity contribution in [1.82, 2.24) is 19.7 Å². The Labute approximate surface area is 169 Å². The van der Waals surface area contributed by atoms with Crippen molar-refractivity contribution in [3.63, 3.8) is 0 Å². The summed E-state index contributed by atoms with van der Waals surface area (Å²) in [5, 5.41) is 9.48. The van der Waals surface area contributed by atoms with E-state index in [1.807, 2.05) is 31.1 Å². The Kier molecular flexibility index (Phi) is 4.93. The van der Waals surface area contributed by atoms with Crippen molar-refractivity contribution in [2.24, 2.45) is 0 Å². The van der Waals surface area contributed by atoms with Crippen LogP contribution in [0, 0.1) is 0 Å². The first-order valence-corrected chi connectivity index (χ1v) is 10.3. The Balaban J connectivity index is 1.54. The molecule has 1 aromatic heterocycles. The van der Waals surface area contributed by atoms with Gasteiger partial charge in [-0.15, -0.1) is 10.2 Å². The number of hydrogen-bond donors (Lipinski definition) is 0. The zero-order valence-corrected chi connectivity index (χ0v) is 17.2. The van der Waals surface area contributed by atoms with Crippen LogP contribution in [0.4, 0.5) is 0 Å². The summed E-state index contributed by atoms with van der Waals surface area (Å²) >= 11 is 12.2. The lowest BCUT2D eigenvalue weighted by Gasteiger charge is -2.37. The largest absolute Gasteiger partial charge is 0.341 e. The maximum absolute atomic E-state index is 13.4. The molecule has 2 aromatic rings. The minimum Gasteiger partial charge on any atom is -0.341 e. The van der Waals surface area contributed by atoms with Crippen molar-refractivity contribution in [3.05, 3.63) is 46.0 Å². The molecular weight excluding hydrogens is 383 g/mol. The average Bonchev–Trinajstić information content (AvgIpc) is 3.39. The highest BCUT2D eigenvalue weighted by molar-refractivity contribution is 6.42. The van der Waals surface area contributed by atoms with Crippen molar-refractivity contribution in [1.29, 1.82) is 0 Å². The molecule has 1 unspecified atom stereocenters. The van der Waals surface area contributed by atoms with Gasteiger partial charge in [0.1, 0.15) is 12.2 Å². The fourth-order valence-corrected chi connectivity index (χ4v) is 4.25. The van der Waals surface area contributed by atoms with E-state index in [2.05, 4.69) is 14.8 Å². The van der Waals surface area contributed by atoms with E-state index in [0.717, 1.165) is 30.8 Å². The molecule has 0 bridgehead atoms. The predicted octanol–water partition coefficient (Wildman–Crippen LogP) is 4.60. The maximum Gasteiger partial charge on any atom is 0.232 e. The van der Waals surface area contributed by atoms with Crippen LogP contribution in [0.15, 0.2) is 24.5 Å². The summed E-state index contributed by atoms with van der Waals surface area (Å²) in [7, 11) is 0. The molecule has 27 heavy (non-hydrogen) atoms. The van der Waals surface area contributed by atoms with Crippen molar-refractivity contribution in [2.45, 2.75) is 56.9 Å². The monoisotopic (exact) mass is 406 g/mol. The Morgan fingerprint density at radius 3 is 2.67 bits per heavy atom. The zero-order chi connectivity index (χ0) is 19.2. The van der Waals surface area contributed by atoms with E-state index in [4.69, 9.17) is 23.2 Å². The highest BCUT2D eigenvalue weighted by Crippen LogP contribution is 2.39. The Bertz CT molecular complexity index is 859. The second kappa shape index (κ2) is 7.10. The van der Waals surface area contributed by atoms with Gasteiger partial charge in [0, 0.05) is 25.0 Å². The van der Waals surface area contributed by atoms with Crippen LogP contribution in [0.5, 0.6) is 0 Å². The highest BCUT2D eigenvalue weighted by atomic mass is 35.5. The summed E-state index contributed by atoms with van der Waals surface area (Å²) in [6.45, 7) is 5.36. The molecule has 7 heteroatoms. The fraction of sp³-hybridized carbons (Fsp3) is 0.550. The predicted molar refractivity (Wildman–Crippen MR) is 106 cm³/mol. The number of halogens is 2. The van der Waals surface area contributed by atoms with E-state index in [0.29, 0.717) is 22.6 Å². The van der Waals surface area contributed by atoms with Gasteiger partial charge in [0.25, 0.3) is 0 Å². The first-order chi connectivity index (χ1) is 12.9. The van der Waals surface area contributed by atoms with Crippen LogP contribution >= 0.6 is 23.2 Å². The smallest absolute Gasteiger partial charge is 0.232 e. The normalized spacial score (nSPS) is 20.7. The molecule has 2 aliphatic rings. The number of piperidine rings is 1. The molecule has 1 aliphatic heterocycles. The molecule has 2 fully saturated rings. The summed E-state index contributed by atoms with van der Waals surface area (Å²) in [5.74, 6) is 1.39. The average molecular weight is 407 g/mol. The SMILES string of the molecule is CC(C)(C(=O)N1CCCC(c2nncn2C2CC2)C1)c1ccc(Cl)c(Cl)c1. The summed E-state index contributed by atoms with van der Waals surface area (Å²) in [6.07, 6.45) is 6.26. The number of nitrogens with zero attached hydrogens (tertiary/aromatic N) is 4. The minimum atomic E-state index is -0.666. The van der Waals surface area contributed by atoms with E-state index in [1.54, 1.807) is 12.1 Å². The number of rotatable bonds is 4. The van der Waals surface area contributed by atoms with Crippen LogP contribution in [-0.4, -0.2) is 38.7 Å². The van der Waals surface area contributed by atoms with Gasteiger partial charge in [0.2, 0.25) is 5.91 Å². The maximum atomic E-state index is 13.4. The van der Waals surface area contributed by atoms with Crippen molar-refractivity contribution >= 4 is 29.1 Å². The molecule has 0 radical (unpaired) electrons. The first kappa shape index (κ1) is 18.8. The van der Waals surface area contributed by atoms with Gasteiger partial charge in [-0.3, -0.25) is 4.79 Å². The fourth-order valence-electron chi connectivity index (χ4n) is 3.95. The lowest BCUT2D eigenvalue weighted by molar-refractivity contribution is -0.137. The van der Waals surface area contributed by atoms with Crippen molar-refractivity contribution in [3.8, 4) is 0 Å². The topological polar surface area (TPSA) is 51.0 Å². The standard InChI is InChI=1S/C20H24Cl2N4O/c1-20(2,14-5-8-16(21)17(22)10-14)19(27)25-9-3-4-13(11-25)18-24-23-12-26(18)15-6-7-15/h5,8,10,12-13,15H,3-4,6-7,9,11H2,1-2H3. The number of hydrogen-bond acceptors (Lipinski definition) is 3. The van der Waals surface area contributed by atoms with Gasteiger partial charge in [-0.2, -0.15) is 0 Å². The molecule has 1 aromatic carbocycles. The van der Waals surface area contributed by atoms with Gasteiger partial charge in [-0.05, 0) is 57.2 Å². The number of amides is 1. The quantitative estimate of drug-likeness (QED) is 0.744. The minimum absolute atomic E-state index is 0.114. The zero-order valence-electron chi connectivity index (χ0n) is 15.7. The molecule has 0 N–H and O–H groups in total. The first-order valence-electron chi connectivity index (χ1n) is 9.52. The lowest BCUT2D eigenvalue weighted by Crippen LogP contribution is -2.47. The van der Waals surface area contributed by atoms with Gasteiger partial charge in [0.15, 0.2) is 0 Å². The van der Waals surface area contributed by atoms with Crippen LogP contribution in [0.2, 0.25) is 10.0 Å². The molecular formula is C20H24Cl2N4O. The third-order valence-electron chi connectivity index (χ3n) is 5.79. The lowest BCUT2D eigenvalue weighted by atomic mass is 9.82. The Morgan fingerprint density at radius 2 is 1.96 bits per heavy atom. The van der Waals surface area contributed by atoms with E-state index in [1.165, 1.54) is 12.8 Å². The van der Waals surface area contributed by atoms with Gasteiger partial charge in [-0.25, -0.2) is 0 Å². The molecule has 5 nitrogen and oxygen atoms in total. The molecule has 1 saturated heterocycles. The van der Waals surface area contributed by atoms with Crippen molar-refractivity contribution < 1.29 is 4.79 Å². The van der Waals surface area contributed by atoms with Crippen LogP contribution in [-0.2, 0) is 10.2 Å². The molecule has 2 heterocycles. The molecule has 1 saturated carbocycles. The second-order valence-electron chi connectivity index (χ2n) is 8.17. The third-order valence-corrected chi connectivity index (χ3v) is 6.53. The highest BCUT2D eigenvalue weighted by Gasteiger charge is 2.38. The number of carbonyl (C=O) groups is 1. The van der Waals surface area contributed by atoms with Crippen LogP contribution in [0.3, 0.4) is 0 Å².